The molecule has 0 saturated carbocycles. The second-order valence-electron chi connectivity index (χ2n) is 4.16. The second kappa shape index (κ2) is 6.84. The Morgan fingerprint density at radius 3 is 2.84 bits per heavy atom. The molecule has 1 unspecified atom stereocenters. The molecule has 2 aromatic rings. The molecule has 0 fully saturated rings. The topological polar surface area (TPSA) is 12.0 Å². The van der Waals surface area contributed by atoms with Gasteiger partial charge in [-0.15, -0.1) is 11.3 Å². The van der Waals surface area contributed by atoms with Crippen LogP contribution in [0, 0.1) is 5.82 Å². The van der Waals surface area contributed by atoms with Crippen LogP contribution in [0.3, 0.4) is 0 Å². The Labute approximate surface area is 129 Å². The fourth-order valence-corrected chi connectivity index (χ4v) is 3.82. The normalized spacial score (nSPS) is 12.6. The lowest BCUT2D eigenvalue weighted by Crippen LogP contribution is -2.23. The van der Waals surface area contributed by atoms with Crippen molar-refractivity contribution in [2.75, 3.05) is 6.54 Å². The van der Waals surface area contributed by atoms with E-state index in [1.54, 1.807) is 17.4 Å². The molecule has 0 aliphatic carbocycles. The van der Waals surface area contributed by atoms with Gasteiger partial charge in [0.15, 0.2) is 0 Å². The van der Waals surface area contributed by atoms with Crippen molar-refractivity contribution in [1.29, 1.82) is 0 Å². The van der Waals surface area contributed by atoms with E-state index in [1.807, 2.05) is 17.5 Å². The summed E-state index contributed by atoms with van der Waals surface area (Å²) < 4.78 is 14.7. The van der Waals surface area contributed by atoms with E-state index in [4.69, 9.17) is 11.6 Å². The van der Waals surface area contributed by atoms with Gasteiger partial charge in [0, 0.05) is 9.35 Å². The first kappa shape index (κ1) is 15.0. The summed E-state index contributed by atoms with van der Waals surface area (Å²) in [6.45, 7) is 2.95. The Bertz CT molecular complexity index is 558. The van der Waals surface area contributed by atoms with Gasteiger partial charge in [-0.1, -0.05) is 30.7 Å². The molecule has 0 spiro atoms. The first-order valence-corrected chi connectivity index (χ1v) is 8.10. The molecule has 2 rings (SSSR count). The molecule has 1 aromatic carbocycles. The molecule has 0 aliphatic rings. The van der Waals surface area contributed by atoms with Crippen LogP contribution in [-0.4, -0.2) is 6.54 Å². The fourth-order valence-electron chi connectivity index (χ4n) is 1.89. The Kier molecular flexibility index (Phi) is 5.39. The molecule has 1 nitrogen and oxygen atoms in total. The molecular formula is C14H14BrClFNS. The largest absolute Gasteiger partial charge is 0.306 e. The van der Waals surface area contributed by atoms with E-state index in [1.165, 1.54) is 6.07 Å². The van der Waals surface area contributed by atoms with Gasteiger partial charge in [-0.3, -0.25) is 0 Å². The fraction of sp³-hybridized carbons (Fsp3) is 0.286. The van der Waals surface area contributed by atoms with Gasteiger partial charge in [0.25, 0.3) is 0 Å². The first-order valence-electron chi connectivity index (χ1n) is 6.05. The van der Waals surface area contributed by atoms with Gasteiger partial charge in [0.2, 0.25) is 0 Å². The summed E-state index contributed by atoms with van der Waals surface area (Å²) in [7, 11) is 0. The van der Waals surface area contributed by atoms with Crippen LogP contribution >= 0.6 is 38.9 Å². The maximum atomic E-state index is 13.6. The molecular weight excluding hydrogens is 349 g/mol. The summed E-state index contributed by atoms with van der Waals surface area (Å²) >= 11 is 11.3. The molecule has 19 heavy (non-hydrogen) atoms. The van der Waals surface area contributed by atoms with Gasteiger partial charge in [-0.05, 0) is 52.0 Å². The summed E-state index contributed by atoms with van der Waals surface area (Å²) in [6.07, 6.45) is 1.01. The van der Waals surface area contributed by atoms with Crippen molar-refractivity contribution in [3.05, 3.63) is 55.4 Å². The van der Waals surface area contributed by atoms with Crippen LogP contribution in [0.25, 0.3) is 0 Å². The van der Waals surface area contributed by atoms with Gasteiger partial charge in [0.05, 0.1) is 11.1 Å². The highest BCUT2D eigenvalue weighted by atomic mass is 79.9. The van der Waals surface area contributed by atoms with Crippen LogP contribution in [0.2, 0.25) is 5.02 Å². The summed E-state index contributed by atoms with van der Waals surface area (Å²) in [6, 6.07) is 6.85. The van der Waals surface area contributed by atoms with Crippen molar-refractivity contribution in [2.45, 2.75) is 19.4 Å². The van der Waals surface area contributed by atoms with Crippen LogP contribution in [0.15, 0.2) is 34.1 Å². The Morgan fingerprint density at radius 2 is 2.21 bits per heavy atom. The molecule has 1 aromatic heterocycles. The highest BCUT2D eigenvalue weighted by Crippen LogP contribution is 2.36. The third-order valence-corrected chi connectivity index (χ3v) is 5.13. The van der Waals surface area contributed by atoms with Crippen LogP contribution in [0.1, 0.15) is 29.8 Å². The number of thiophene rings is 1. The van der Waals surface area contributed by atoms with E-state index < -0.39 is 0 Å². The van der Waals surface area contributed by atoms with Gasteiger partial charge in [-0.2, -0.15) is 0 Å². The van der Waals surface area contributed by atoms with Gasteiger partial charge >= 0.3 is 0 Å². The van der Waals surface area contributed by atoms with Crippen LogP contribution < -0.4 is 5.32 Å². The summed E-state index contributed by atoms with van der Waals surface area (Å²) in [5.41, 5.74) is 0.776. The van der Waals surface area contributed by atoms with Crippen molar-refractivity contribution in [3.63, 3.8) is 0 Å². The number of nitrogens with one attached hydrogen (secondary N) is 1. The predicted octanol–water partition coefficient (Wildman–Crippen LogP) is 5.39. The standard InChI is InChI=1S/C14H14BrClFNS/c1-2-7-18-13(14-10(15)6-8-19-14)9-4-3-5-11(17)12(9)16/h3-6,8,13,18H,2,7H2,1H3. The molecule has 0 amide bonds. The molecule has 0 saturated heterocycles. The lowest BCUT2D eigenvalue weighted by Gasteiger charge is -2.20. The average molecular weight is 363 g/mol. The van der Waals surface area contributed by atoms with E-state index in [0.29, 0.717) is 0 Å². The minimum atomic E-state index is -0.379. The highest BCUT2D eigenvalue weighted by Gasteiger charge is 2.21. The molecule has 1 atom stereocenters. The van der Waals surface area contributed by atoms with Gasteiger partial charge in [-0.25, -0.2) is 4.39 Å². The average Bonchev–Trinajstić information content (AvgIpc) is 2.81. The van der Waals surface area contributed by atoms with Crippen molar-refractivity contribution < 1.29 is 4.39 Å². The minimum absolute atomic E-state index is 0.0856. The van der Waals surface area contributed by atoms with E-state index in [9.17, 15) is 4.39 Å². The number of benzene rings is 1. The quantitative estimate of drug-likeness (QED) is 0.751. The summed E-state index contributed by atoms with van der Waals surface area (Å²) in [4.78, 5) is 1.11. The Balaban J connectivity index is 2.43. The molecule has 0 bridgehead atoms. The molecule has 102 valence electrons. The Morgan fingerprint density at radius 1 is 1.42 bits per heavy atom. The van der Waals surface area contributed by atoms with Crippen molar-refractivity contribution in [3.8, 4) is 0 Å². The van der Waals surface area contributed by atoms with Crippen LogP contribution in [0.5, 0.6) is 0 Å². The number of rotatable bonds is 5. The lowest BCUT2D eigenvalue weighted by atomic mass is 10.0. The van der Waals surface area contributed by atoms with Crippen LogP contribution in [-0.2, 0) is 0 Å². The van der Waals surface area contributed by atoms with Crippen molar-refractivity contribution in [1.82, 2.24) is 5.32 Å². The van der Waals surface area contributed by atoms with Gasteiger partial charge in [0.1, 0.15) is 5.82 Å². The van der Waals surface area contributed by atoms with Crippen LogP contribution in [0.4, 0.5) is 4.39 Å². The highest BCUT2D eigenvalue weighted by molar-refractivity contribution is 9.10. The molecule has 1 N–H and O–H groups in total. The number of hydrogen-bond donors (Lipinski definition) is 1. The van der Waals surface area contributed by atoms with Crippen molar-refractivity contribution in [2.24, 2.45) is 0 Å². The number of halogens is 3. The van der Waals surface area contributed by atoms with Crippen molar-refractivity contribution >= 4 is 38.9 Å². The smallest absolute Gasteiger partial charge is 0.142 e. The predicted molar refractivity (Wildman–Crippen MR) is 83.6 cm³/mol. The monoisotopic (exact) mass is 361 g/mol. The summed E-state index contributed by atoms with van der Waals surface area (Å²) in [5, 5.41) is 5.62. The SMILES string of the molecule is CCCNC(c1cccc(F)c1Cl)c1sccc1Br. The van der Waals surface area contributed by atoms with E-state index in [0.717, 1.165) is 27.9 Å². The van der Waals surface area contributed by atoms with Gasteiger partial charge < -0.3 is 5.32 Å². The second-order valence-corrected chi connectivity index (χ2v) is 6.34. The van der Waals surface area contributed by atoms with E-state index >= 15 is 0 Å². The van der Waals surface area contributed by atoms with E-state index in [-0.39, 0.29) is 16.9 Å². The molecule has 5 heteroatoms. The zero-order valence-corrected chi connectivity index (χ0v) is 13.6. The molecule has 0 aliphatic heterocycles. The zero-order valence-electron chi connectivity index (χ0n) is 10.4. The first-order chi connectivity index (χ1) is 9.15. The molecule has 1 heterocycles. The minimum Gasteiger partial charge on any atom is -0.306 e. The van der Waals surface area contributed by atoms with E-state index in [2.05, 4.69) is 28.2 Å². The Hall–Kier alpha value is -0.420. The lowest BCUT2D eigenvalue weighted by molar-refractivity contribution is 0.590. The third kappa shape index (κ3) is 3.37. The maximum Gasteiger partial charge on any atom is 0.142 e. The summed E-state index contributed by atoms with van der Waals surface area (Å²) in [5.74, 6) is -0.379. The zero-order chi connectivity index (χ0) is 13.8. The third-order valence-electron chi connectivity index (χ3n) is 2.80. The number of hydrogen-bond acceptors (Lipinski definition) is 2. The molecule has 0 radical (unpaired) electrons. The maximum absolute atomic E-state index is 13.6.